The first-order chi connectivity index (χ1) is 13.1. The molecule has 0 radical (unpaired) electrons. The van der Waals surface area contributed by atoms with Crippen LogP contribution in [0.5, 0.6) is 5.75 Å². The van der Waals surface area contributed by atoms with Gasteiger partial charge >= 0.3 is 5.97 Å². The molecular formula is C22H13ClO3S. The maximum absolute atomic E-state index is 12.6. The maximum atomic E-state index is 12.6. The number of allylic oxidation sites excluding steroid dienone is 1. The van der Waals surface area contributed by atoms with Crippen LogP contribution in [0.25, 0.3) is 6.08 Å². The molecule has 0 bridgehead atoms. The second-order valence-electron chi connectivity index (χ2n) is 5.84. The van der Waals surface area contributed by atoms with E-state index in [-0.39, 0.29) is 5.78 Å². The van der Waals surface area contributed by atoms with Gasteiger partial charge in [-0.3, -0.25) is 4.79 Å². The summed E-state index contributed by atoms with van der Waals surface area (Å²) in [4.78, 5) is 26.6. The highest BCUT2D eigenvalue weighted by Gasteiger charge is 2.25. The van der Waals surface area contributed by atoms with Crippen LogP contribution in [0.15, 0.2) is 82.6 Å². The fourth-order valence-electron chi connectivity index (χ4n) is 2.75. The second-order valence-corrected chi connectivity index (χ2v) is 7.33. The Morgan fingerprint density at radius 3 is 2.44 bits per heavy atom. The van der Waals surface area contributed by atoms with Gasteiger partial charge < -0.3 is 4.74 Å². The molecule has 0 atom stereocenters. The van der Waals surface area contributed by atoms with Crippen LogP contribution in [-0.2, 0) is 0 Å². The summed E-state index contributed by atoms with van der Waals surface area (Å²) in [5, 5.41) is 0.329. The third kappa shape index (κ3) is 3.54. The number of thioether (sulfide) groups is 1. The van der Waals surface area contributed by atoms with E-state index in [0.29, 0.717) is 32.4 Å². The Morgan fingerprint density at radius 1 is 0.926 bits per heavy atom. The first-order valence-electron chi connectivity index (χ1n) is 8.22. The number of carbonyl (C=O) groups is 2. The average Bonchev–Trinajstić information content (AvgIpc) is 2.99. The number of rotatable bonds is 3. The molecule has 0 amide bonds. The van der Waals surface area contributed by atoms with Crippen LogP contribution in [-0.4, -0.2) is 11.8 Å². The van der Waals surface area contributed by atoms with E-state index in [4.69, 9.17) is 16.3 Å². The zero-order chi connectivity index (χ0) is 18.8. The molecule has 0 saturated carbocycles. The van der Waals surface area contributed by atoms with Crippen molar-refractivity contribution in [3.63, 3.8) is 0 Å². The van der Waals surface area contributed by atoms with Gasteiger partial charge in [0.15, 0.2) is 0 Å². The van der Waals surface area contributed by atoms with Crippen LogP contribution in [0.1, 0.15) is 26.3 Å². The Morgan fingerprint density at radius 2 is 1.63 bits per heavy atom. The number of hydrogen-bond acceptors (Lipinski definition) is 4. The number of fused-ring (bicyclic) bond motifs is 1. The highest BCUT2D eigenvalue weighted by Crippen LogP contribution is 2.41. The highest BCUT2D eigenvalue weighted by molar-refractivity contribution is 8.04. The van der Waals surface area contributed by atoms with Gasteiger partial charge in [0, 0.05) is 16.0 Å². The van der Waals surface area contributed by atoms with Crippen LogP contribution in [0.3, 0.4) is 0 Å². The zero-order valence-corrected chi connectivity index (χ0v) is 15.6. The summed E-state index contributed by atoms with van der Waals surface area (Å²) in [6.45, 7) is 0. The standard InChI is InChI=1S/C22H13ClO3S/c23-17-10-4-2-8-15(17)22(25)26-18-11-5-1-7-14(18)13-20-21(24)16-9-3-6-12-19(16)27-20/h1-13H. The van der Waals surface area contributed by atoms with E-state index < -0.39 is 5.97 Å². The van der Waals surface area contributed by atoms with Crippen molar-refractivity contribution in [1.29, 1.82) is 0 Å². The summed E-state index contributed by atoms with van der Waals surface area (Å²) in [6, 6.07) is 21.3. The third-order valence-corrected chi connectivity index (χ3v) is 5.51. The van der Waals surface area contributed by atoms with Gasteiger partial charge in [-0.25, -0.2) is 4.79 Å². The molecule has 3 nitrogen and oxygen atoms in total. The van der Waals surface area contributed by atoms with Crippen LogP contribution < -0.4 is 4.74 Å². The molecule has 5 heteroatoms. The minimum absolute atomic E-state index is 0.0252. The maximum Gasteiger partial charge on any atom is 0.345 e. The van der Waals surface area contributed by atoms with Gasteiger partial charge in [0.1, 0.15) is 5.75 Å². The summed E-state index contributed by atoms with van der Waals surface area (Å²) in [7, 11) is 0. The first kappa shape index (κ1) is 17.6. The van der Waals surface area contributed by atoms with E-state index in [9.17, 15) is 9.59 Å². The van der Waals surface area contributed by atoms with Crippen molar-refractivity contribution < 1.29 is 14.3 Å². The number of ether oxygens (including phenoxy) is 1. The molecule has 1 aliphatic rings. The second kappa shape index (κ2) is 7.43. The van der Waals surface area contributed by atoms with Crippen molar-refractivity contribution in [1.82, 2.24) is 0 Å². The molecule has 3 aromatic carbocycles. The summed E-state index contributed by atoms with van der Waals surface area (Å²) in [5.41, 5.74) is 1.64. The molecule has 132 valence electrons. The van der Waals surface area contributed by atoms with Crippen molar-refractivity contribution in [3.8, 4) is 5.75 Å². The minimum Gasteiger partial charge on any atom is -0.422 e. The lowest BCUT2D eigenvalue weighted by molar-refractivity contribution is 0.0734. The van der Waals surface area contributed by atoms with Crippen LogP contribution in [0.4, 0.5) is 0 Å². The zero-order valence-electron chi connectivity index (χ0n) is 14.0. The number of halogens is 1. The first-order valence-corrected chi connectivity index (χ1v) is 9.42. The number of ketones is 1. The monoisotopic (exact) mass is 392 g/mol. The highest BCUT2D eigenvalue weighted by atomic mass is 35.5. The lowest BCUT2D eigenvalue weighted by Gasteiger charge is -2.09. The number of para-hydroxylation sites is 1. The van der Waals surface area contributed by atoms with Crippen LogP contribution in [0.2, 0.25) is 5.02 Å². The van der Waals surface area contributed by atoms with Gasteiger partial charge in [-0.2, -0.15) is 0 Å². The van der Waals surface area contributed by atoms with Gasteiger partial charge in [0.2, 0.25) is 5.78 Å². The van der Waals surface area contributed by atoms with Crippen LogP contribution >= 0.6 is 23.4 Å². The molecule has 1 aliphatic heterocycles. The Hall–Kier alpha value is -2.82. The van der Waals surface area contributed by atoms with Gasteiger partial charge in [-0.15, -0.1) is 0 Å². The fraction of sp³-hybridized carbons (Fsp3) is 0. The smallest absolute Gasteiger partial charge is 0.345 e. The molecule has 0 fully saturated rings. The molecule has 4 rings (SSSR count). The summed E-state index contributed by atoms with van der Waals surface area (Å²) in [6.07, 6.45) is 1.75. The predicted molar refractivity (Wildman–Crippen MR) is 107 cm³/mol. The Kier molecular flexibility index (Phi) is 4.84. The van der Waals surface area contributed by atoms with Gasteiger partial charge in [-0.05, 0) is 36.4 Å². The average molecular weight is 393 g/mol. The predicted octanol–water partition coefficient (Wildman–Crippen LogP) is 5.89. The van der Waals surface area contributed by atoms with Crippen molar-refractivity contribution in [2.75, 3.05) is 0 Å². The molecule has 3 aromatic rings. The lowest BCUT2D eigenvalue weighted by Crippen LogP contribution is -2.09. The van der Waals surface area contributed by atoms with E-state index in [2.05, 4.69) is 0 Å². The molecular weight excluding hydrogens is 380 g/mol. The van der Waals surface area contributed by atoms with E-state index in [0.717, 1.165) is 4.90 Å². The van der Waals surface area contributed by atoms with Crippen molar-refractivity contribution >= 4 is 41.2 Å². The minimum atomic E-state index is -0.542. The quantitative estimate of drug-likeness (QED) is 0.316. The van der Waals surface area contributed by atoms with Crippen LogP contribution in [0, 0.1) is 0 Å². The lowest BCUT2D eigenvalue weighted by atomic mass is 10.1. The molecule has 0 aliphatic carbocycles. The number of benzene rings is 3. The molecule has 0 N–H and O–H groups in total. The molecule has 0 unspecified atom stereocenters. The molecule has 1 heterocycles. The Bertz CT molecular complexity index is 1090. The summed E-state index contributed by atoms with van der Waals surface area (Å²) in [5.74, 6) is -0.192. The van der Waals surface area contributed by atoms with E-state index >= 15 is 0 Å². The Balaban J connectivity index is 1.64. The molecule has 27 heavy (non-hydrogen) atoms. The number of esters is 1. The van der Waals surface area contributed by atoms with E-state index in [1.165, 1.54) is 11.8 Å². The SMILES string of the molecule is O=C(Oc1ccccc1C=C1Sc2ccccc2C1=O)c1ccccc1Cl. The summed E-state index contributed by atoms with van der Waals surface area (Å²) >= 11 is 7.49. The van der Waals surface area contributed by atoms with Gasteiger partial charge in [0.25, 0.3) is 0 Å². The fourth-order valence-corrected chi connectivity index (χ4v) is 4.01. The van der Waals surface area contributed by atoms with Gasteiger partial charge in [-0.1, -0.05) is 65.8 Å². The van der Waals surface area contributed by atoms with Gasteiger partial charge in [0.05, 0.1) is 15.5 Å². The number of hydrogen-bond donors (Lipinski definition) is 0. The Labute approximate surface area is 165 Å². The molecule has 0 spiro atoms. The summed E-state index contributed by atoms with van der Waals surface area (Å²) < 4.78 is 5.55. The third-order valence-electron chi connectivity index (χ3n) is 4.08. The van der Waals surface area contributed by atoms with Crippen molar-refractivity contribution in [3.05, 3.63) is 99.4 Å². The van der Waals surface area contributed by atoms with E-state index in [1.807, 2.05) is 30.3 Å². The van der Waals surface area contributed by atoms with E-state index in [1.54, 1.807) is 48.5 Å². The normalized spacial score (nSPS) is 14.3. The topological polar surface area (TPSA) is 43.4 Å². The molecule has 0 saturated heterocycles. The van der Waals surface area contributed by atoms with Crippen molar-refractivity contribution in [2.45, 2.75) is 4.90 Å². The largest absolute Gasteiger partial charge is 0.422 e. The molecule has 0 aromatic heterocycles. The number of carbonyl (C=O) groups excluding carboxylic acids is 2. The number of Topliss-reactive ketones (excluding diaryl/α,β-unsaturated/α-hetero) is 1. The van der Waals surface area contributed by atoms with Crippen molar-refractivity contribution in [2.24, 2.45) is 0 Å².